The molecule has 1 aliphatic rings. The SMILES string of the molecule is C=CCOc1cc2c(cc1Cl)CCNCC2. The minimum Gasteiger partial charge on any atom is -0.488 e. The van der Waals surface area contributed by atoms with E-state index in [0.717, 1.165) is 31.7 Å². The number of fused-ring (bicyclic) bond motifs is 1. The first-order valence-electron chi connectivity index (χ1n) is 5.57. The normalized spacial score (nSPS) is 15.1. The van der Waals surface area contributed by atoms with Gasteiger partial charge in [0.2, 0.25) is 0 Å². The van der Waals surface area contributed by atoms with Crippen molar-refractivity contribution in [2.75, 3.05) is 19.7 Å². The summed E-state index contributed by atoms with van der Waals surface area (Å²) in [5, 5.41) is 4.07. The van der Waals surface area contributed by atoms with Crippen LogP contribution in [0.5, 0.6) is 5.75 Å². The summed E-state index contributed by atoms with van der Waals surface area (Å²) in [6.07, 6.45) is 3.80. The van der Waals surface area contributed by atoms with E-state index in [1.807, 2.05) is 6.07 Å². The van der Waals surface area contributed by atoms with Crippen LogP contribution in [0, 0.1) is 0 Å². The second-order valence-corrected chi connectivity index (χ2v) is 4.31. The van der Waals surface area contributed by atoms with Gasteiger partial charge in [0.1, 0.15) is 12.4 Å². The molecule has 1 aliphatic heterocycles. The van der Waals surface area contributed by atoms with E-state index < -0.39 is 0 Å². The minimum absolute atomic E-state index is 0.497. The van der Waals surface area contributed by atoms with Crippen LogP contribution in [0.4, 0.5) is 0 Å². The Hall–Kier alpha value is -0.990. The van der Waals surface area contributed by atoms with Crippen molar-refractivity contribution in [3.8, 4) is 5.75 Å². The Labute approximate surface area is 101 Å². The Morgan fingerprint density at radius 1 is 1.31 bits per heavy atom. The lowest BCUT2D eigenvalue weighted by molar-refractivity contribution is 0.363. The number of halogens is 1. The molecule has 0 spiro atoms. The molecule has 1 N–H and O–H groups in total. The summed E-state index contributed by atoms with van der Waals surface area (Å²) in [5.41, 5.74) is 2.68. The van der Waals surface area contributed by atoms with Crippen molar-refractivity contribution >= 4 is 11.6 Å². The third-order valence-corrected chi connectivity index (χ3v) is 3.05. The van der Waals surface area contributed by atoms with Crippen molar-refractivity contribution in [3.63, 3.8) is 0 Å². The number of benzene rings is 1. The van der Waals surface area contributed by atoms with Crippen LogP contribution in [-0.4, -0.2) is 19.7 Å². The van der Waals surface area contributed by atoms with Gasteiger partial charge >= 0.3 is 0 Å². The summed E-state index contributed by atoms with van der Waals surface area (Å²) in [4.78, 5) is 0. The van der Waals surface area contributed by atoms with Crippen molar-refractivity contribution in [1.82, 2.24) is 5.32 Å². The van der Waals surface area contributed by atoms with Gasteiger partial charge in [0, 0.05) is 0 Å². The first kappa shape index (κ1) is 11.5. The smallest absolute Gasteiger partial charge is 0.138 e. The van der Waals surface area contributed by atoms with Crippen LogP contribution in [0.2, 0.25) is 5.02 Å². The zero-order valence-electron chi connectivity index (χ0n) is 9.26. The van der Waals surface area contributed by atoms with E-state index in [4.69, 9.17) is 16.3 Å². The van der Waals surface area contributed by atoms with Crippen LogP contribution in [0.3, 0.4) is 0 Å². The Morgan fingerprint density at radius 2 is 2.00 bits per heavy atom. The molecule has 0 atom stereocenters. The molecule has 0 saturated heterocycles. The Bertz CT molecular complexity index is 390. The summed E-state index contributed by atoms with van der Waals surface area (Å²) < 4.78 is 5.52. The fourth-order valence-electron chi connectivity index (χ4n) is 1.93. The van der Waals surface area contributed by atoms with Gasteiger partial charge in [-0.05, 0) is 49.2 Å². The lowest BCUT2D eigenvalue weighted by Gasteiger charge is -2.11. The maximum absolute atomic E-state index is 6.17. The first-order valence-corrected chi connectivity index (χ1v) is 5.95. The van der Waals surface area contributed by atoms with E-state index in [1.165, 1.54) is 11.1 Å². The molecule has 0 fully saturated rings. The van der Waals surface area contributed by atoms with Crippen LogP contribution < -0.4 is 10.1 Å². The van der Waals surface area contributed by atoms with Crippen LogP contribution in [0.1, 0.15) is 11.1 Å². The molecule has 0 aromatic heterocycles. The molecule has 0 aliphatic carbocycles. The van der Waals surface area contributed by atoms with Crippen LogP contribution in [0.15, 0.2) is 24.8 Å². The topological polar surface area (TPSA) is 21.3 Å². The molecule has 86 valence electrons. The summed E-state index contributed by atoms with van der Waals surface area (Å²) in [6.45, 7) is 6.17. The van der Waals surface area contributed by atoms with Crippen molar-refractivity contribution in [1.29, 1.82) is 0 Å². The standard InChI is InChI=1S/C13H16ClNO/c1-2-7-16-13-9-11-4-6-15-5-3-10(11)8-12(13)14/h2,8-9,15H,1,3-7H2. The molecular formula is C13H16ClNO. The molecular weight excluding hydrogens is 222 g/mol. The molecule has 2 rings (SSSR count). The first-order chi connectivity index (χ1) is 7.81. The second kappa shape index (κ2) is 5.37. The number of nitrogens with one attached hydrogen (secondary N) is 1. The molecule has 1 aromatic carbocycles. The maximum atomic E-state index is 6.17. The number of rotatable bonds is 3. The van der Waals surface area contributed by atoms with Crippen LogP contribution >= 0.6 is 11.6 Å². The van der Waals surface area contributed by atoms with Gasteiger partial charge in [-0.25, -0.2) is 0 Å². The third kappa shape index (κ3) is 2.57. The predicted octanol–water partition coefficient (Wildman–Crippen LogP) is 2.59. The van der Waals surface area contributed by atoms with Gasteiger partial charge in [0.05, 0.1) is 5.02 Å². The fourth-order valence-corrected chi connectivity index (χ4v) is 2.17. The maximum Gasteiger partial charge on any atom is 0.138 e. The van der Waals surface area contributed by atoms with E-state index in [9.17, 15) is 0 Å². The van der Waals surface area contributed by atoms with Gasteiger partial charge in [-0.3, -0.25) is 0 Å². The molecule has 0 unspecified atom stereocenters. The Kier molecular flexibility index (Phi) is 3.86. The van der Waals surface area contributed by atoms with E-state index in [0.29, 0.717) is 11.6 Å². The molecule has 0 bridgehead atoms. The van der Waals surface area contributed by atoms with Gasteiger partial charge in [0.25, 0.3) is 0 Å². The van der Waals surface area contributed by atoms with Crippen molar-refractivity contribution in [2.24, 2.45) is 0 Å². The van der Waals surface area contributed by atoms with Gasteiger partial charge in [-0.2, -0.15) is 0 Å². The van der Waals surface area contributed by atoms with Gasteiger partial charge in [0.15, 0.2) is 0 Å². The van der Waals surface area contributed by atoms with Crippen molar-refractivity contribution < 1.29 is 4.74 Å². The number of hydrogen-bond donors (Lipinski definition) is 1. The molecule has 0 saturated carbocycles. The molecule has 0 radical (unpaired) electrons. The monoisotopic (exact) mass is 237 g/mol. The minimum atomic E-state index is 0.497. The average molecular weight is 238 g/mol. The fraction of sp³-hybridized carbons (Fsp3) is 0.385. The van der Waals surface area contributed by atoms with Gasteiger partial charge < -0.3 is 10.1 Å². The molecule has 16 heavy (non-hydrogen) atoms. The summed E-state index contributed by atoms with van der Waals surface area (Å²) in [6, 6.07) is 4.09. The molecule has 3 heteroatoms. The molecule has 1 aromatic rings. The van der Waals surface area contributed by atoms with Crippen LogP contribution in [-0.2, 0) is 12.8 Å². The number of hydrogen-bond acceptors (Lipinski definition) is 2. The third-order valence-electron chi connectivity index (χ3n) is 2.75. The van der Waals surface area contributed by atoms with E-state index in [-0.39, 0.29) is 0 Å². The van der Waals surface area contributed by atoms with E-state index in [2.05, 4.69) is 18.0 Å². The second-order valence-electron chi connectivity index (χ2n) is 3.90. The highest BCUT2D eigenvalue weighted by Gasteiger charge is 2.11. The summed E-state index contributed by atoms with van der Waals surface area (Å²) in [7, 11) is 0. The highest BCUT2D eigenvalue weighted by atomic mass is 35.5. The van der Waals surface area contributed by atoms with Crippen LogP contribution in [0.25, 0.3) is 0 Å². The van der Waals surface area contributed by atoms with Crippen molar-refractivity contribution in [2.45, 2.75) is 12.8 Å². The zero-order valence-corrected chi connectivity index (χ0v) is 10.0. The molecule has 0 amide bonds. The largest absolute Gasteiger partial charge is 0.488 e. The van der Waals surface area contributed by atoms with Crippen molar-refractivity contribution in [3.05, 3.63) is 40.9 Å². The average Bonchev–Trinajstić information content (AvgIpc) is 2.50. The lowest BCUT2D eigenvalue weighted by atomic mass is 10.0. The quantitative estimate of drug-likeness (QED) is 0.816. The molecule has 1 heterocycles. The Morgan fingerprint density at radius 3 is 2.69 bits per heavy atom. The van der Waals surface area contributed by atoms with E-state index >= 15 is 0 Å². The highest BCUT2D eigenvalue weighted by molar-refractivity contribution is 6.32. The lowest BCUT2D eigenvalue weighted by Crippen LogP contribution is -2.16. The Balaban J connectivity index is 2.27. The molecule has 2 nitrogen and oxygen atoms in total. The number of ether oxygens (including phenoxy) is 1. The summed E-state index contributed by atoms with van der Waals surface area (Å²) >= 11 is 6.17. The highest BCUT2D eigenvalue weighted by Crippen LogP contribution is 2.29. The summed E-state index contributed by atoms with van der Waals surface area (Å²) in [5.74, 6) is 0.766. The predicted molar refractivity (Wildman–Crippen MR) is 67.4 cm³/mol. The van der Waals surface area contributed by atoms with Gasteiger partial charge in [-0.15, -0.1) is 0 Å². The zero-order chi connectivity index (χ0) is 11.4. The van der Waals surface area contributed by atoms with E-state index in [1.54, 1.807) is 6.08 Å². The van der Waals surface area contributed by atoms with Gasteiger partial charge in [-0.1, -0.05) is 24.3 Å².